The first-order valence-corrected chi connectivity index (χ1v) is 5.07. The van der Waals surface area contributed by atoms with Crippen molar-refractivity contribution in [2.45, 2.75) is 20.0 Å². The number of nitrogens with one attached hydrogen (secondary N) is 1. The van der Waals surface area contributed by atoms with Crippen molar-refractivity contribution in [1.82, 2.24) is 5.32 Å². The smallest absolute Gasteiger partial charge is 0.263 e. The molecular weight excluding hydrogens is 210 g/mol. The molecule has 1 rings (SSSR count). The van der Waals surface area contributed by atoms with E-state index in [0.29, 0.717) is 5.56 Å². The number of benzene rings is 1. The molecule has 0 aliphatic rings. The molecule has 15 heavy (non-hydrogen) atoms. The van der Waals surface area contributed by atoms with E-state index in [4.69, 9.17) is 17.0 Å². The van der Waals surface area contributed by atoms with E-state index in [1.807, 2.05) is 19.9 Å². The second-order valence-electron chi connectivity index (χ2n) is 3.27. The van der Waals surface area contributed by atoms with E-state index in [1.165, 1.54) is 0 Å². The van der Waals surface area contributed by atoms with Crippen molar-refractivity contribution in [2.75, 3.05) is 0 Å². The number of amides is 1. The lowest BCUT2D eigenvalue weighted by atomic mass is 10.2. The summed E-state index contributed by atoms with van der Waals surface area (Å²) in [5.74, 6) is -0.249. The van der Waals surface area contributed by atoms with Gasteiger partial charge in [0.05, 0.1) is 6.10 Å². The second kappa shape index (κ2) is 5.46. The predicted octanol–water partition coefficient (Wildman–Crippen LogP) is 2.13. The third kappa shape index (κ3) is 4.08. The average Bonchev–Trinajstić information content (AvgIpc) is 2.17. The van der Waals surface area contributed by atoms with E-state index >= 15 is 0 Å². The Labute approximate surface area is 94.4 Å². The van der Waals surface area contributed by atoms with Gasteiger partial charge in [0.25, 0.3) is 11.1 Å². The minimum Gasteiger partial charge on any atom is -0.468 e. The van der Waals surface area contributed by atoms with Gasteiger partial charge in [-0.1, -0.05) is 18.2 Å². The zero-order chi connectivity index (χ0) is 11.3. The maximum atomic E-state index is 11.6. The molecular formula is C11H13NO2S. The summed E-state index contributed by atoms with van der Waals surface area (Å²) in [6, 6.07) is 8.86. The standard InChI is InChI=1S/C11H13NO2S/c1-8(2)14-11(15)12-10(13)9-6-4-3-5-7-9/h3-8H,1-2H3,(H,12,13,15). The van der Waals surface area contributed by atoms with Crippen molar-refractivity contribution in [1.29, 1.82) is 0 Å². The first kappa shape index (κ1) is 11.7. The van der Waals surface area contributed by atoms with Crippen LogP contribution in [0.5, 0.6) is 0 Å². The Morgan fingerprint density at radius 3 is 2.47 bits per heavy atom. The molecule has 0 saturated heterocycles. The lowest BCUT2D eigenvalue weighted by molar-refractivity contribution is 0.0963. The highest BCUT2D eigenvalue weighted by atomic mass is 32.1. The number of carbonyl (C=O) groups excluding carboxylic acids is 1. The van der Waals surface area contributed by atoms with Gasteiger partial charge in [0.2, 0.25) is 0 Å². The molecule has 3 nitrogen and oxygen atoms in total. The molecule has 0 atom stereocenters. The van der Waals surface area contributed by atoms with Crippen molar-refractivity contribution in [3.63, 3.8) is 0 Å². The summed E-state index contributed by atoms with van der Waals surface area (Å²) in [5.41, 5.74) is 0.562. The van der Waals surface area contributed by atoms with Crippen LogP contribution in [0.3, 0.4) is 0 Å². The minimum absolute atomic E-state index is 0.0337. The Morgan fingerprint density at radius 2 is 1.93 bits per heavy atom. The Kier molecular flexibility index (Phi) is 4.24. The highest BCUT2D eigenvalue weighted by molar-refractivity contribution is 7.80. The highest BCUT2D eigenvalue weighted by Gasteiger charge is 2.08. The summed E-state index contributed by atoms with van der Waals surface area (Å²) < 4.78 is 5.14. The summed E-state index contributed by atoms with van der Waals surface area (Å²) in [4.78, 5) is 11.6. The van der Waals surface area contributed by atoms with E-state index in [9.17, 15) is 4.79 Å². The van der Waals surface area contributed by atoms with Gasteiger partial charge in [0.15, 0.2) is 0 Å². The molecule has 0 bridgehead atoms. The lowest BCUT2D eigenvalue weighted by Gasteiger charge is -2.11. The quantitative estimate of drug-likeness (QED) is 0.780. The molecule has 0 aliphatic heterocycles. The maximum Gasteiger partial charge on any atom is 0.263 e. The van der Waals surface area contributed by atoms with Crippen LogP contribution >= 0.6 is 12.2 Å². The van der Waals surface area contributed by atoms with Crippen LogP contribution in [0.25, 0.3) is 0 Å². The maximum absolute atomic E-state index is 11.6. The van der Waals surface area contributed by atoms with Crippen LogP contribution in [-0.4, -0.2) is 17.2 Å². The molecule has 0 saturated carbocycles. The summed E-state index contributed by atoms with van der Waals surface area (Å²) in [6.07, 6.45) is -0.0337. The molecule has 0 aromatic heterocycles. The van der Waals surface area contributed by atoms with Crippen LogP contribution in [0, 0.1) is 0 Å². The Balaban J connectivity index is 2.53. The van der Waals surface area contributed by atoms with E-state index in [-0.39, 0.29) is 17.2 Å². The van der Waals surface area contributed by atoms with Crippen molar-refractivity contribution in [2.24, 2.45) is 0 Å². The molecule has 1 N–H and O–H groups in total. The summed E-state index contributed by atoms with van der Waals surface area (Å²) in [5, 5.41) is 2.61. The van der Waals surface area contributed by atoms with Crippen LogP contribution in [0.4, 0.5) is 0 Å². The van der Waals surface area contributed by atoms with Crippen molar-refractivity contribution in [3.05, 3.63) is 35.9 Å². The van der Waals surface area contributed by atoms with Crippen molar-refractivity contribution < 1.29 is 9.53 Å². The molecule has 0 fully saturated rings. The topological polar surface area (TPSA) is 38.3 Å². The number of carbonyl (C=O) groups is 1. The Morgan fingerprint density at radius 1 is 1.33 bits per heavy atom. The van der Waals surface area contributed by atoms with E-state index in [2.05, 4.69) is 5.32 Å². The van der Waals surface area contributed by atoms with Gasteiger partial charge in [0, 0.05) is 5.56 Å². The molecule has 1 aromatic rings. The zero-order valence-electron chi connectivity index (χ0n) is 8.69. The lowest BCUT2D eigenvalue weighted by Crippen LogP contribution is -2.32. The number of thiocarbonyl (C=S) groups is 1. The van der Waals surface area contributed by atoms with Crippen LogP contribution in [0.1, 0.15) is 24.2 Å². The molecule has 4 heteroatoms. The molecule has 0 heterocycles. The third-order valence-corrected chi connectivity index (χ3v) is 1.79. The summed E-state index contributed by atoms with van der Waals surface area (Å²) >= 11 is 4.85. The second-order valence-corrected chi connectivity index (χ2v) is 3.65. The molecule has 0 spiro atoms. The normalized spacial score (nSPS) is 9.80. The fourth-order valence-electron chi connectivity index (χ4n) is 0.998. The number of hydrogen-bond acceptors (Lipinski definition) is 3. The zero-order valence-corrected chi connectivity index (χ0v) is 9.51. The van der Waals surface area contributed by atoms with Gasteiger partial charge in [-0.15, -0.1) is 0 Å². The minimum atomic E-state index is -0.249. The van der Waals surface area contributed by atoms with Crippen molar-refractivity contribution >= 4 is 23.3 Å². The molecule has 0 unspecified atom stereocenters. The van der Waals surface area contributed by atoms with E-state index in [0.717, 1.165) is 0 Å². The first-order valence-electron chi connectivity index (χ1n) is 4.66. The highest BCUT2D eigenvalue weighted by Crippen LogP contribution is 1.98. The van der Waals surface area contributed by atoms with Gasteiger partial charge >= 0.3 is 0 Å². The average molecular weight is 223 g/mol. The first-order chi connectivity index (χ1) is 7.09. The van der Waals surface area contributed by atoms with Crippen LogP contribution in [0.2, 0.25) is 0 Å². The summed E-state index contributed by atoms with van der Waals surface area (Å²) in [7, 11) is 0. The number of ether oxygens (including phenoxy) is 1. The molecule has 80 valence electrons. The van der Waals surface area contributed by atoms with Gasteiger partial charge < -0.3 is 4.74 Å². The molecule has 1 amide bonds. The fourth-order valence-corrected chi connectivity index (χ4v) is 1.28. The monoisotopic (exact) mass is 223 g/mol. The van der Waals surface area contributed by atoms with Gasteiger partial charge in [0.1, 0.15) is 0 Å². The van der Waals surface area contributed by atoms with Gasteiger partial charge in [-0.25, -0.2) is 0 Å². The van der Waals surface area contributed by atoms with Gasteiger partial charge in [-0.2, -0.15) is 0 Å². The molecule has 0 radical (unpaired) electrons. The third-order valence-electron chi connectivity index (χ3n) is 1.59. The van der Waals surface area contributed by atoms with Crippen LogP contribution < -0.4 is 5.32 Å². The predicted molar refractivity (Wildman–Crippen MR) is 62.7 cm³/mol. The largest absolute Gasteiger partial charge is 0.468 e. The SMILES string of the molecule is CC(C)OC(=S)NC(=O)c1ccccc1. The Hall–Kier alpha value is -1.42. The fraction of sp³-hybridized carbons (Fsp3) is 0.273. The van der Waals surface area contributed by atoms with Crippen molar-refractivity contribution in [3.8, 4) is 0 Å². The molecule has 1 aromatic carbocycles. The Bertz CT molecular complexity index is 349. The number of hydrogen-bond donors (Lipinski definition) is 1. The van der Waals surface area contributed by atoms with Gasteiger partial charge in [-0.3, -0.25) is 10.1 Å². The van der Waals surface area contributed by atoms with E-state index < -0.39 is 0 Å². The van der Waals surface area contributed by atoms with E-state index in [1.54, 1.807) is 24.3 Å². The molecule has 0 aliphatic carbocycles. The number of rotatable bonds is 2. The van der Waals surface area contributed by atoms with Gasteiger partial charge in [-0.05, 0) is 38.2 Å². The van der Waals surface area contributed by atoms with Crippen LogP contribution in [0.15, 0.2) is 30.3 Å². The van der Waals surface area contributed by atoms with Crippen LogP contribution in [-0.2, 0) is 4.74 Å². The summed E-state index contributed by atoms with van der Waals surface area (Å²) in [6.45, 7) is 3.70.